The third-order valence-corrected chi connectivity index (χ3v) is 8.66. The Balaban J connectivity index is 1.57. The summed E-state index contributed by atoms with van der Waals surface area (Å²) >= 11 is 0. The van der Waals surface area contributed by atoms with Crippen LogP contribution in [0.5, 0.6) is 0 Å². The minimum atomic E-state index is -0.951. The summed E-state index contributed by atoms with van der Waals surface area (Å²) in [6, 6.07) is 7.08. The number of nitrogens with one attached hydrogen (secondary N) is 3. The third kappa shape index (κ3) is 5.49. The molecule has 0 spiro atoms. The number of nitrogens with zero attached hydrogens (tertiary/aromatic N) is 2. The smallest absolute Gasteiger partial charge is 0.251 e. The fourth-order valence-corrected chi connectivity index (χ4v) is 6.07. The molecule has 0 bridgehead atoms. The van der Waals surface area contributed by atoms with Crippen LogP contribution in [-0.2, 0) is 20.8 Å². The number of carbonyl (C=O) groups is 3. The molecule has 2 aliphatic rings. The number of H-pyrrole nitrogens is 1. The Kier molecular flexibility index (Phi) is 7.61. The van der Waals surface area contributed by atoms with Crippen molar-refractivity contribution in [1.82, 2.24) is 20.5 Å². The van der Waals surface area contributed by atoms with Crippen LogP contribution in [0.2, 0.25) is 0 Å². The quantitative estimate of drug-likeness (QED) is 0.490. The number of fused-ring (bicyclic) bond motifs is 2. The number of likely N-dealkylation sites (tertiary alicyclic amines) is 1. The van der Waals surface area contributed by atoms with Crippen molar-refractivity contribution in [2.45, 2.75) is 79.9 Å². The minimum Gasteiger partial charge on any atom is -0.344 e. The monoisotopic (exact) mass is 547 g/mol. The highest BCUT2D eigenvalue weighted by Gasteiger charge is 2.69. The van der Waals surface area contributed by atoms with Crippen LogP contribution in [0.3, 0.4) is 0 Å². The Morgan fingerprint density at radius 1 is 1.18 bits per heavy atom. The van der Waals surface area contributed by atoms with Crippen LogP contribution in [0.1, 0.15) is 59.6 Å². The fraction of sp³-hybridized carbons (Fsp3) is 0.581. The van der Waals surface area contributed by atoms with E-state index in [4.69, 9.17) is 0 Å². The molecule has 2 unspecified atom stereocenters. The summed E-state index contributed by atoms with van der Waals surface area (Å²) in [5, 5.41) is 16.5. The molecule has 1 saturated carbocycles. The molecule has 2 heterocycles. The molecule has 1 aliphatic carbocycles. The molecule has 4 rings (SSSR count). The van der Waals surface area contributed by atoms with Gasteiger partial charge >= 0.3 is 0 Å². The second-order valence-electron chi connectivity index (χ2n) is 13.5. The first-order valence-corrected chi connectivity index (χ1v) is 14.0. The van der Waals surface area contributed by atoms with Gasteiger partial charge in [-0.25, -0.2) is 0 Å². The fourth-order valence-electron chi connectivity index (χ4n) is 6.07. The van der Waals surface area contributed by atoms with Gasteiger partial charge < -0.3 is 20.5 Å². The van der Waals surface area contributed by atoms with Crippen LogP contribution in [-0.4, -0.2) is 52.3 Å². The summed E-state index contributed by atoms with van der Waals surface area (Å²) in [7, 11) is 0. The summed E-state index contributed by atoms with van der Waals surface area (Å²) in [5.41, 5.74) is 1.15. The lowest BCUT2D eigenvalue weighted by Gasteiger charge is -2.38. The molecular weight excluding hydrogens is 506 g/mol. The van der Waals surface area contributed by atoms with E-state index in [1.165, 1.54) is 0 Å². The van der Waals surface area contributed by atoms with Crippen LogP contribution in [0.15, 0.2) is 29.1 Å². The normalized spacial score (nSPS) is 22.8. The van der Waals surface area contributed by atoms with Gasteiger partial charge in [0, 0.05) is 30.0 Å². The van der Waals surface area contributed by atoms with Crippen molar-refractivity contribution in [2.24, 2.45) is 28.6 Å². The summed E-state index contributed by atoms with van der Waals surface area (Å²) in [6.45, 7) is 15.8. The van der Waals surface area contributed by atoms with Gasteiger partial charge in [0.05, 0.1) is 6.07 Å². The van der Waals surface area contributed by atoms with E-state index >= 15 is 0 Å². The Morgan fingerprint density at radius 3 is 2.45 bits per heavy atom. The number of carbonyl (C=O) groups excluding carboxylic acids is 3. The third-order valence-electron chi connectivity index (χ3n) is 8.66. The molecule has 5 atom stereocenters. The Bertz CT molecular complexity index is 1440. The highest BCUT2D eigenvalue weighted by atomic mass is 16.2. The van der Waals surface area contributed by atoms with Gasteiger partial charge in [-0.05, 0) is 53.2 Å². The van der Waals surface area contributed by atoms with Crippen molar-refractivity contribution >= 4 is 28.6 Å². The number of rotatable bonds is 7. The van der Waals surface area contributed by atoms with E-state index in [0.717, 1.165) is 10.9 Å². The molecular formula is C31H41N5O4. The zero-order valence-corrected chi connectivity index (χ0v) is 24.7. The van der Waals surface area contributed by atoms with E-state index < -0.39 is 29.4 Å². The maximum absolute atomic E-state index is 13.9. The topological polar surface area (TPSA) is 135 Å². The molecule has 40 heavy (non-hydrogen) atoms. The van der Waals surface area contributed by atoms with Crippen LogP contribution < -0.4 is 16.2 Å². The Morgan fingerprint density at radius 2 is 1.85 bits per heavy atom. The second-order valence-corrected chi connectivity index (χ2v) is 13.5. The molecule has 9 nitrogen and oxygen atoms in total. The highest BCUT2D eigenvalue weighted by molar-refractivity contribution is 5.94. The average molecular weight is 548 g/mol. The summed E-state index contributed by atoms with van der Waals surface area (Å²) in [6.07, 6.45) is 0.0364. The molecule has 1 aromatic heterocycles. The van der Waals surface area contributed by atoms with Crippen LogP contribution in [0, 0.1) is 46.8 Å². The first kappa shape index (κ1) is 29.3. The predicted molar refractivity (Wildman–Crippen MR) is 153 cm³/mol. The van der Waals surface area contributed by atoms with Crippen molar-refractivity contribution in [1.29, 1.82) is 5.26 Å². The van der Waals surface area contributed by atoms with E-state index in [-0.39, 0.29) is 47.0 Å². The van der Waals surface area contributed by atoms with Crippen LogP contribution >= 0.6 is 0 Å². The lowest BCUT2D eigenvalue weighted by atomic mass is 9.84. The number of nitriles is 1. The number of hydrogen-bond donors (Lipinski definition) is 3. The lowest BCUT2D eigenvalue weighted by molar-refractivity contribution is -0.146. The van der Waals surface area contributed by atoms with Crippen molar-refractivity contribution in [3.8, 4) is 6.07 Å². The van der Waals surface area contributed by atoms with Crippen molar-refractivity contribution in [3.05, 3.63) is 45.7 Å². The zero-order chi connectivity index (χ0) is 29.7. The first-order valence-electron chi connectivity index (χ1n) is 14.0. The maximum Gasteiger partial charge on any atom is 0.251 e. The van der Waals surface area contributed by atoms with Gasteiger partial charge in [-0.2, -0.15) is 5.26 Å². The number of aromatic nitrogens is 1. The van der Waals surface area contributed by atoms with Crippen molar-refractivity contribution < 1.29 is 14.4 Å². The molecule has 214 valence electrons. The van der Waals surface area contributed by atoms with E-state index in [9.17, 15) is 24.4 Å². The molecule has 3 N–H and O–H groups in total. The summed E-state index contributed by atoms with van der Waals surface area (Å²) < 4.78 is 0. The van der Waals surface area contributed by atoms with Gasteiger partial charge in [-0.3, -0.25) is 19.2 Å². The standard InChI is InChI=1S/C31H41N5O4/c1-16(2)26(37)35-25(30(4,5)6)29(40)36-15-21-23(31(21,7)8)24(36)28(39)33-20(14-32)13-19-12-18-11-17(3)9-10-22(18)34-27(19)38/h9-12,16,20-21,23-25H,13,15H2,1-8H3,(H,33,39)(H,34,38)(H,35,37)/t20-,21?,23-,24?,25+/m1/s1. The zero-order valence-electron chi connectivity index (χ0n) is 24.7. The number of pyridine rings is 1. The lowest BCUT2D eigenvalue weighted by Crippen LogP contribution is -2.60. The maximum atomic E-state index is 13.9. The molecule has 9 heteroatoms. The highest BCUT2D eigenvalue weighted by Crippen LogP contribution is 2.65. The molecule has 3 amide bonds. The Labute approximate surface area is 235 Å². The number of benzene rings is 1. The number of amides is 3. The van der Waals surface area contributed by atoms with Gasteiger partial charge in [0.15, 0.2) is 0 Å². The average Bonchev–Trinajstić information content (AvgIpc) is 3.19. The van der Waals surface area contributed by atoms with E-state index in [0.29, 0.717) is 17.6 Å². The number of piperidine rings is 1. The van der Waals surface area contributed by atoms with Crippen molar-refractivity contribution in [2.75, 3.05) is 6.54 Å². The molecule has 2 fully saturated rings. The van der Waals surface area contributed by atoms with E-state index in [1.807, 2.05) is 45.9 Å². The van der Waals surface area contributed by atoms with Gasteiger partial charge in [0.1, 0.15) is 18.1 Å². The molecule has 1 aliphatic heterocycles. The van der Waals surface area contributed by atoms with E-state index in [2.05, 4.69) is 35.5 Å². The van der Waals surface area contributed by atoms with Crippen LogP contribution in [0.4, 0.5) is 0 Å². The minimum absolute atomic E-state index is 0.0364. The number of aromatic amines is 1. The second kappa shape index (κ2) is 10.4. The van der Waals surface area contributed by atoms with Gasteiger partial charge in [0.25, 0.3) is 5.56 Å². The van der Waals surface area contributed by atoms with E-state index in [1.54, 1.807) is 24.8 Å². The van der Waals surface area contributed by atoms with Gasteiger partial charge in [-0.1, -0.05) is 60.1 Å². The Hall–Kier alpha value is -3.67. The predicted octanol–water partition coefficient (Wildman–Crippen LogP) is 3.06. The van der Waals surface area contributed by atoms with Gasteiger partial charge in [-0.15, -0.1) is 0 Å². The molecule has 1 aromatic carbocycles. The number of hydrogen-bond acceptors (Lipinski definition) is 5. The largest absolute Gasteiger partial charge is 0.344 e. The SMILES string of the molecule is Cc1ccc2[nH]c(=O)c(C[C@H](C#N)NC(=O)C3[C@H]4C(CN3C(=O)[C@H](NC(=O)C(C)C)C(C)(C)C)C4(C)C)cc2c1. The summed E-state index contributed by atoms with van der Waals surface area (Å²) in [5.74, 6) is -1.11. The number of aryl methyl sites for hydroxylation is 1. The van der Waals surface area contributed by atoms with Crippen molar-refractivity contribution in [3.63, 3.8) is 0 Å². The van der Waals surface area contributed by atoms with Gasteiger partial charge in [0.2, 0.25) is 17.7 Å². The molecule has 2 aromatic rings. The molecule has 1 saturated heterocycles. The van der Waals surface area contributed by atoms with Crippen LogP contribution in [0.25, 0.3) is 10.9 Å². The first-order chi connectivity index (χ1) is 18.6. The molecule has 0 radical (unpaired) electrons. The summed E-state index contributed by atoms with van der Waals surface area (Å²) in [4.78, 5) is 57.4.